The number of ether oxygens (including phenoxy) is 3. The number of amides is 2. The number of esters is 2. The maximum Gasteiger partial charge on any atom is 0.339 e. The van der Waals surface area contributed by atoms with E-state index in [0.29, 0.717) is 29.3 Å². The van der Waals surface area contributed by atoms with Crippen molar-refractivity contribution >= 4 is 41.2 Å². The van der Waals surface area contributed by atoms with Crippen LogP contribution in [0.25, 0.3) is 0 Å². The van der Waals surface area contributed by atoms with E-state index in [4.69, 9.17) is 9.47 Å². The van der Waals surface area contributed by atoms with Crippen LogP contribution in [0.2, 0.25) is 0 Å². The van der Waals surface area contributed by atoms with Gasteiger partial charge in [0.2, 0.25) is 5.91 Å². The molecule has 2 rings (SSSR count). The highest BCUT2D eigenvalue weighted by atomic mass is 32.2. The molecule has 2 N–H and O–H groups in total. The molecule has 2 amide bonds. The molecule has 0 aromatic heterocycles. The van der Waals surface area contributed by atoms with Crippen LogP contribution in [0.4, 0.5) is 5.69 Å². The molecule has 9 nitrogen and oxygen atoms in total. The first kappa shape index (κ1) is 24.9. The molecular formula is C22H24N2O7S. The summed E-state index contributed by atoms with van der Waals surface area (Å²) in [6, 6.07) is 12.8. The van der Waals surface area contributed by atoms with Crippen molar-refractivity contribution in [2.75, 3.05) is 45.0 Å². The fraction of sp³-hybridized carbons (Fsp3) is 0.273. The van der Waals surface area contributed by atoms with E-state index in [1.165, 1.54) is 43.1 Å². The minimum atomic E-state index is -0.677. The van der Waals surface area contributed by atoms with Gasteiger partial charge in [-0.1, -0.05) is 12.1 Å². The molecule has 32 heavy (non-hydrogen) atoms. The van der Waals surface area contributed by atoms with Crippen molar-refractivity contribution in [3.8, 4) is 0 Å². The topological polar surface area (TPSA) is 120 Å². The molecule has 0 aliphatic heterocycles. The first-order valence-corrected chi connectivity index (χ1v) is 10.6. The van der Waals surface area contributed by atoms with Gasteiger partial charge in [-0.05, 0) is 36.4 Å². The summed E-state index contributed by atoms with van der Waals surface area (Å²) in [5.41, 5.74) is 1.05. The Morgan fingerprint density at radius 3 is 2.31 bits per heavy atom. The summed E-state index contributed by atoms with van der Waals surface area (Å²) in [5.74, 6) is -1.76. The van der Waals surface area contributed by atoms with Crippen molar-refractivity contribution < 1.29 is 33.4 Å². The second-order valence-electron chi connectivity index (χ2n) is 6.32. The predicted octanol–water partition coefficient (Wildman–Crippen LogP) is 2.12. The molecule has 0 heterocycles. The van der Waals surface area contributed by atoms with Crippen LogP contribution in [0, 0.1) is 0 Å². The lowest BCUT2D eigenvalue weighted by Crippen LogP contribution is -2.28. The number of anilines is 1. The smallest absolute Gasteiger partial charge is 0.339 e. The van der Waals surface area contributed by atoms with Gasteiger partial charge in [0.1, 0.15) is 0 Å². The van der Waals surface area contributed by atoms with Crippen LogP contribution in [0.1, 0.15) is 20.7 Å². The van der Waals surface area contributed by atoms with Gasteiger partial charge in [0, 0.05) is 24.2 Å². The molecule has 0 fully saturated rings. The van der Waals surface area contributed by atoms with E-state index in [-0.39, 0.29) is 17.2 Å². The first-order valence-electron chi connectivity index (χ1n) is 9.57. The van der Waals surface area contributed by atoms with Gasteiger partial charge in [0.15, 0.2) is 6.61 Å². The van der Waals surface area contributed by atoms with Gasteiger partial charge in [-0.25, -0.2) is 9.59 Å². The zero-order chi connectivity index (χ0) is 23.3. The summed E-state index contributed by atoms with van der Waals surface area (Å²) in [6.45, 7) is 0.324. The number of thioether (sulfide) groups is 1. The van der Waals surface area contributed by atoms with Crippen molar-refractivity contribution in [1.29, 1.82) is 0 Å². The zero-order valence-electron chi connectivity index (χ0n) is 17.7. The maximum atomic E-state index is 12.4. The van der Waals surface area contributed by atoms with Crippen molar-refractivity contribution in [2.45, 2.75) is 4.90 Å². The van der Waals surface area contributed by atoms with Gasteiger partial charge in [-0.15, -0.1) is 11.8 Å². The minimum absolute atomic E-state index is 0.121. The Morgan fingerprint density at radius 1 is 0.906 bits per heavy atom. The highest BCUT2D eigenvalue weighted by Gasteiger charge is 2.16. The quantitative estimate of drug-likeness (QED) is 0.297. The lowest BCUT2D eigenvalue weighted by atomic mass is 10.2. The van der Waals surface area contributed by atoms with Crippen LogP contribution in [0.15, 0.2) is 53.4 Å². The van der Waals surface area contributed by atoms with Gasteiger partial charge in [-0.3, -0.25) is 9.59 Å². The summed E-state index contributed by atoms with van der Waals surface area (Å²) < 4.78 is 14.6. The Balaban J connectivity index is 1.86. The molecule has 0 spiro atoms. The molecule has 2 aromatic carbocycles. The lowest BCUT2D eigenvalue weighted by Gasteiger charge is -2.10. The van der Waals surface area contributed by atoms with E-state index in [2.05, 4.69) is 15.4 Å². The number of rotatable bonds is 11. The monoisotopic (exact) mass is 460 g/mol. The van der Waals surface area contributed by atoms with E-state index < -0.39 is 24.5 Å². The van der Waals surface area contributed by atoms with Crippen molar-refractivity contribution in [2.24, 2.45) is 0 Å². The Hall–Kier alpha value is -3.37. The molecular weight excluding hydrogens is 436 g/mol. The number of carbonyl (C=O) groups excluding carboxylic acids is 4. The van der Waals surface area contributed by atoms with Crippen LogP contribution in [0.3, 0.4) is 0 Å². The second-order valence-corrected chi connectivity index (χ2v) is 7.34. The molecule has 0 saturated heterocycles. The van der Waals surface area contributed by atoms with Gasteiger partial charge in [-0.2, -0.15) is 0 Å². The van der Waals surface area contributed by atoms with E-state index in [0.717, 1.165) is 0 Å². The lowest BCUT2D eigenvalue weighted by molar-refractivity contribution is -0.119. The third kappa shape index (κ3) is 8.05. The number of methoxy groups -OCH3 is 2. The van der Waals surface area contributed by atoms with E-state index in [1.807, 2.05) is 0 Å². The van der Waals surface area contributed by atoms with Crippen LogP contribution in [-0.4, -0.2) is 63.5 Å². The van der Waals surface area contributed by atoms with Crippen molar-refractivity contribution in [3.05, 3.63) is 59.7 Å². The number of hydrogen-bond acceptors (Lipinski definition) is 8. The predicted molar refractivity (Wildman–Crippen MR) is 119 cm³/mol. The number of benzene rings is 2. The van der Waals surface area contributed by atoms with Crippen LogP contribution in [-0.2, 0) is 23.8 Å². The number of carbonyl (C=O) groups is 4. The third-order valence-electron chi connectivity index (χ3n) is 4.02. The molecule has 0 aliphatic carbocycles. The average Bonchev–Trinajstić information content (AvgIpc) is 2.81. The molecule has 170 valence electrons. The molecule has 2 aromatic rings. The molecule has 0 unspecified atom stereocenters. The van der Waals surface area contributed by atoms with Gasteiger partial charge in [0.25, 0.3) is 5.91 Å². The van der Waals surface area contributed by atoms with Gasteiger partial charge >= 0.3 is 11.9 Å². The highest BCUT2D eigenvalue weighted by Crippen LogP contribution is 2.23. The first-order chi connectivity index (χ1) is 15.4. The standard InChI is InChI=1S/C22H24N2O7S/c1-29-12-11-23-20(26)14-32-18-6-4-3-5-17(18)22(28)31-13-19(25)24-16-9-7-15(8-10-16)21(27)30-2/h3-10H,11-14H2,1-2H3,(H,23,26)(H,24,25). The summed E-state index contributed by atoms with van der Waals surface area (Å²) in [4.78, 5) is 48.4. The van der Waals surface area contributed by atoms with Crippen LogP contribution in [0.5, 0.6) is 0 Å². The van der Waals surface area contributed by atoms with Crippen molar-refractivity contribution in [3.63, 3.8) is 0 Å². The molecule has 0 radical (unpaired) electrons. The number of hydrogen-bond donors (Lipinski definition) is 2. The van der Waals surface area contributed by atoms with E-state index in [9.17, 15) is 19.2 Å². The third-order valence-corrected chi connectivity index (χ3v) is 5.09. The van der Waals surface area contributed by atoms with Crippen LogP contribution >= 0.6 is 11.8 Å². The van der Waals surface area contributed by atoms with E-state index >= 15 is 0 Å². The normalized spacial score (nSPS) is 10.2. The second kappa shape index (κ2) is 13.1. The fourth-order valence-electron chi connectivity index (χ4n) is 2.46. The highest BCUT2D eigenvalue weighted by molar-refractivity contribution is 8.00. The van der Waals surface area contributed by atoms with Gasteiger partial charge in [0.05, 0.1) is 30.6 Å². The summed E-state index contributed by atoms with van der Waals surface area (Å²) in [7, 11) is 2.82. The van der Waals surface area contributed by atoms with Crippen molar-refractivity contribution in [1.82, 2.24) is 5.32 Å². The Labute approximate surface area is 189 Å². The molecule has 0 atom stereocenters. The molecule has 0 bridgehead atoms. The Bertz CT molecular complexity index is 948. The summed E-state index contributed by atoms with van der Waals surface area (Å²) in [6.07, 6.45) is 0. The fourth-order valence-corrected chi connectivity index (χ4v) is 3.33. The summed E-state index contributed by atoms with van der Waals surface area (Å²) >= 11 is 1.19. The average molecular weight is 461 g/mol. The molecule has 10 heteroatoms. The zero-order valence-corrected chi connectivity index (χ0v) is 18.5. The minimum Gasteiger partial charge on any atom is -0.465 e. The van der Waals surface area contributed by atoms with Crippen LogP contribution < -0.4 is 10.6 Å². The number of nitrogens with one attached hydrogen (secondary N) is 2. The largest absolute Gasteiger partial charge is 0.465 e. The Kier molecular flexibility index (Phi) is 10.2. The molecule has 0 saturated carbocycles. The van der Waals surface area contributed by atoms with E-state index in [1.54, 1.807) is 31.4 Å². The SMILES string of the molecule is COCCNC(=O)CSc1ccccc1C(=O)OCC(=O)Nc1ccc(C(=O)OC)cc1. The molecule has 0 aliphatic rings. The maximum absolute atomic E-state index is 12.4. The van der Waals surface area contributed by atoms with Gasteiger partial charge < -0.3 is 24.8 Å². The summed E-state index contributed by atoms with van der Waals surface area (Å²) in [5, 5.41) is 5.27. The Morgan fingerprint density at radius 2 is 1.62 bits per heavy atom.